The van der Waals surface area contributed by atoms with E-state index in [1.807, 2.05) is 6.20 Å². The average Bonchev–Trinajstić information content (AvgIpc) is 2.68. The second-order valence-electron chi connectivity index (χ2n) is 6.73. The highest BCUT2D eigenvalue weighted by molar-refractivity contribution is 5.29. The van der Waals surface area contributed by atoms with Crippen LogP contribution in [0.2, 0.25) is 0 Å². The van der Waals surface area contributed by atoms with Crippen molar-refractivity contribution in [3.05, 3.63) is 12.4 Å². The van der Waals surface area contributed by atoms with Gasteiger partial charge in [0.2, 0.25) is 5.95 Å². The summed E-state index contributed by atoms with van der Waals surface area (Å²) < 4.78 is 2.25. The minimum Gasteiger partial charge on any atom is -0.352 e. The van der Waals surface area contributed by atoms with Gasteiger partial charge in [-0.05, 0) is 24.2 Å². The summed E-state index contributed by atoms with van der Waals surface area (Å²) >= 11 is 0. The molecular formula is C15H27N3. The molecule has 0 radical (unpaired) electrons. The minimum atomic E-state index is 0.382. The largest absolute Gasteiger partial charge is 0.352 e. The van der Waals surface area contributed by atoms with Crippen molar-refractivity contribution in [3.63, 3.8) is 0 Å². The lowest BCUT2D eigenvalue weighted by Crippen LogP contribution is -2.39. The van der Waals surface area contributed by atoms with Crippen molar-refractivity contribution in [1.29, 1.82) is 0 Å². The fraction of sp³-hybridized carbons (Fsp3) is 0.800. The molecule has 102 valence electrons. The summed E-state index contributed by atoms with van der Waals surface area (Å²) in [5.74, 6) is 1.70. The Morgan fingerprint density at radius 3 is 2.89 bits per heavy atom. The van der Waals surface area contributed by atoms with E-state index in [9.17, 15) is 0 Å². The van der Waals surface area contributed by atoms with Gasteiger partial charge in [0, 0.05) is 25.0 Å². The number of aromatic nitrogens is 2. The van der Waals surface area contributed by atoms with E-state index in [1.165, 1.54) is 25.7 Å². The number of hydrogen-bond donors (Lipinski definition) is 1. The summed E-state index contributed by atoms with van der Waals surface area (Å²) in [4.78, 5) is 4.48. The number of anilines is 1. The normalized spacial score (nSPS) is 23.3. The van der Waals surface area contributed by atoms with Crippen LogP contribution in [0, 0.1) is 11.3 Å². The van der Waals surface area contributed by atoms with Gasteiger partial charge in [-0.25, -0.2) is 4.98 Å². The molecule has 1 N–H and O–H groups in total. The van der Waals surface area contributed by atoms with Crippen LogP contribution in [0.15, 0.2) is 12.4 Å². The molecule has 0 bridgehead atoms. The Hall–Kier alpha value is -0.990. The summed E-state index contributed by atoms with van der Waals surface area (Å²) in [5.41, 5.74) is 0.382. The van der Waals surface area contributed by atoms with Crippen LogP contribution in [0.25, 0.3) is 0 Å². The molecular weight excluding hydrogens is 222 g/mol. The van der Waals surface area contributed by atoms with E-state index >= 15 is 0 Å². The molecule has 1 atom stereocenters. The Bertz CT molecular complexity index is 379. The van der Waals surface area contributed by atoms with Gasteiger partial charge in [-0.2, -0.15) is 0 Å². The van der Waals surface area contributed by atoms with Gasteiger partial charge in [-0.3, -0.25) is 0 Å². The highest BCUT2D eigenvalue weighted by Gasteiger charge is 2.32. The quantitative estimate of drug-likeness (QED) is 0.876. The van der Waals surface area contributed by atoms with Crippen LogP contribution in [-0.4, -0.2) is 15.6 Å². The van der Waals surface area contributed by atoms with Gasteiger partial charge in [-0.15, -0.1) is 0 Å². The fourth-order valence-corrected chi connectivity index (χ4v) is 2.91. The molecule has 3 nitrogen and oxygen atoms in total. The van der Waals surface area contributed by atoms with E-state index in [1.54, 1.807) is 0 Å². The van der Waals surface area contributed by atoms with Gasteiger partial charge in [0.15, 0.2) is 0 Å². The summed E-state index contributed by atoms with van der Waals surface area (Å²) in [6.07, 6.45) is 9.27. The van der Waals surface area contributed by atoms with E-state index < -0.39 is 0 Å². The molecule has 0 aliphatic heterocycles. The summed E-state index contributed by atoms with van der Waals surface area (Å²) in [6, 6.07) is 0.555. The third-order valence-electron chi connectivity index (χ3n) is 4.09. The van der Waals surface area contributed by atoms with Gasteiger partial charge in [0.25, 0.3) is 0 Å². The molecule has 1 heterocycles. The lowest BCUT2D eigenvalue weighted by Gasteiger charge is -2.39. The zero-order valence-electron chi connectivity index (χ0n) is 12.2. The van der Waals surface area contributed by atoms with Gasteiger partial charge >= 0.3 is 0 Å². The van der Waals surface area contributed by atoms with Crippen molar-refractivity contribution in [1.82, 2.24) is 9.55 Å². The summed E-state index contributed by atoms with van der Waals surface area (Å²) in [7, 11) is 0. The van der Waals surface area contributed by atoms with Crippen LogP contribution in [0.4, 0.5) is 5.95 Å². The van der Waals surface area contributed by atoms with Crippen LogP contribution in [0.1, 0.15) is 53.4 Å². The summed E-state index contributed by atoms with van der Waals surface area (Å²) in [6.45, 7) is 10.3. The van der Waals surface area contributed by atoms with Crippen LogP contribution in [-0.2, 0) is 6.54 Å². The molecule has 1 aromatic rings. The molecule has 3 heteroatoms. The van der Waals surface area contributed by atoms with E-state index in [-0.39, 0.29) is 0 Å². The average molecular weight is 249 g/mol. The zero-order valence-corrected chi connectivity index (χ0v) is 12.2. The number of rotatable bonds is 4. The highest BCUT2D eigenvalue weighted by Crippen LogP contribution is 2.37. The van der Waals surface area contributed by atoms with Gasteiger partial charge in [0.1, 0.15) is 0 Å². The number of nitrogens with one attached hydrogen (secondary N) is 1. The number of imidazole rings is 1. The van der Waals surface area contributed by atoms with Crippen molar-refractivity contribution < 1.29 is 0 Å². The fourth-order valence-electron chi connectivity index (χ4n) is 2.91. The molecule has 18 heavy (non-hydrogen) atoms. The molecule has 0 spiro atoms. The Labute approximate surface area is 111 Å². The molecule has 2 rings (SSSR count). The first-order chi connectivity index (χ1) is 8.49. The van der Waals surface area contributed by atoms with Crippen LogP contribution in [0.3, 0.4) is 0 Å². The standard InChI is InChI=1S/C15H27N3/c1-12(2)11-18-10-9-16-14(18)17-13-7-5-6-8-15(13,3)4/h9-10,12-13H,5-8,11H2,1-4H3,(H,16,17). The number of nitrogens with zero attached hydrogens (tertiary/aromatic N) is 2. The minimum absolute atomic E-state index is 0.382. The molecule has 0 aromatic carbocycles. The lowest BCUT2D eigenvalue weighted by molar-refractivity contribution is 0.215. The molecule has 1 saturated carbocycles. The number of hydrogen-bond acceptors (Lipinski definition) is 2. The zero-order chi connectivity index (χ0) is 13.2. The maximum atomic E-state index is 4.48. The first-order valence-electron chi connectivity index (χ1n) is 7.27. The third kappa shape index (κ3) is 3.06. The molecule has 0 amide bonds. The first kappa shape index (κ1) is 13.4. The SMILES string of the molecule is CC(C)Cn1ccnc1NC1CCCCC1(C)C. The predicted octanol–water partition coefficient (Wildman–Crippen LogP) is 3.92. The van der Waals surface area contributed by atoms with Crippen LogP contribution >= 0.6 is 0 Å². The van der Waals surface area contributed by atoms with Crippen molar-refractivity contribution in [3.8, 4) is 0 Å². The maximum absolute atomic E-state index is 4.48. The molecule has 1 unspecified atom stereocenters. The Morgan fingerprint density at radius 2 is 2.22 bits per heavy atom. The maximum Gasteiger partial charge on any atom is 0.203 e. The third-order valence-corrected chi connectivity index (χ3v) is 4.09. The molecule has 1 aliphatic rings. The Morgan fingerprint density at radius 1 is 1.44 bits per heavy atom. The van der Waals surface area contributed by atoms with E-state index in [2.05, 4.69) is 48.8 Å². The van der Waals surface area contributed by atoms with E-state index in [4.69, 9.17) is 0 Å². The van der Waals surface area contributed by atoms with Crippen molar-refractivity contribution in [2.75, 3.05) is 5.32 Å². The van der Waals surface area contributed by atoms with Crippen LogP contribution in [0.5, 0.6) is 0 Å². The second kappa shape index (κ2) is 5.33. The topological polar surface area (TPSA) is 29.9 Å². The molecule has 1 aliphatic carbocycles. The van der Waals surface area contributed by atoms with Crippen molar-refractivity contribution in [2.45, 2.75) is 66.0 Å². The van der Waals surface area contributed by atoms with E-state index in [0.29, 0.717) is 17.4 Å². The molecule has 1 fully saturated rings. The Balaban J connectivity index is 2.06. The van der Waals surface area contributed by atoms with Gasteiger partial charge < -0.3 is 9.88 Å². The second-order valence-corrected chi connectivity index (χ2v) is 6.73. The van der Waals surface area contributed by atoms with Crippen molar-refractivity contribution >= 4 is 5.95 Å². The first-order valence-corrected chi connectivity index (χ1v) is 7.27. The highest BCUT2D eigenvalue weighted by atomic mass is 15.2. The molecule has 1 aromatic heterocycles. The molecule has 0 saturated heterocycles. The van der Waals surface area contributed by atoms with E-state index in [0.717, 1.165) is 12.5 Å². The lowest BCUT2D eigenvalue weighted by atomic mass is 9.73. The van der Waals surface area contributed by atoms with Gasteiger partial charge in [0.05, 0.1) is 0 Å². The smallest absolute Gasteiger partial charge is 0.203 e. The van der Waals surface area contributed by atoms with Gasteiger partial charge in [-0.1, -0.05) is 40.5 Å². The van der Waals surface area contributed by atoms with Crippen molar-refractivity contribution in [2.24, 2.45) is 11.3 Å². The van der Waals surface area contributed by atoms with Crippen LogP contribution < -0.4 is 5.32 Å². The predicted molar refractivity (Wildman–Crippen MR) is 76.7 cm³/mol. The summed E-state index contributed by atoms with van der Waals surface area (Å²) in [5, 5.41) is 3.68. The monoisotopic (exact) mass is 249 g/mol. The Kier molecular flexibility index (Phi) is 3.98.